The van der Waals surface area contributed by atoms with Gasteiger partial charge in [0.25, 0.3) is 0 Å². The van der Waals surface area contributed by atoms with Crippen LogP contribution in [0.15, 0.2) is 23.2 Å². The first kappa shape index (κ1) is 15.2. The zero-order valence-corrected chi connectivity index (χ0v) is 12.4. The minimum absolute atomic E-state index is 0.194. The average molecular weight is 302 g/mol. The monoisotopic (exact) mass is 302 g/mol. The molecule has 0 aromatic heterocycles. The molecular formula is C14H17F3N2S. The van der Waals surface area contributed by atoms with Gasteiger partial charge in [-0.2, -0.15) is 13.2 Å². The van der Waals surface area contributed by atoms with E-state index in [-0.39, 0.29) is 6.04 Å². The predicted molar refractivity (Wildman–Crippen MR) is 78.4 cm³/mol. The van der Waals surface area contributed by atoms with Gasteiger partial charge in [0.1, 0.15) is 0 Å². The summed E-state index contributed by atoms with van der Waals surface area (Å²) >= 11 is 1.56. The number of anilines is 1. The van der Waals surface area contributed by atoms with Gasteiger partial charge in [0.2, 0.25) is 0 Å². The molecule has 1 N–H and O–H groups in total. The summed E-state index contributed by atoms with van der Waals surface area (Å²) in [7, 11) is 0. The van der Waals surface area contributed by atoms with E-state index in [2.05, 4.69) is 17.2 Å². The third-order valence-electron chi connectivity index (χ3n) is 3.13. The standard InChI is InChI=1S/C14H17F3N2S/c1-8-4-5-11(14(15,16)17)7-12(8)19-13-18-9(2)6-10(3)20-13/h4-5,7,9-10H,6H2,1-3H3,(H,18,19). The molecule has 0 radical (unpaired) electrons. The Morgan fingerprint density at radius 1 is 1.30 bits per heavy atom. The zero-order valence-electron chi connectivity index (χ0n) is 11.6. The van der Waals surface area contributed by atoms with Crippen molar-refractivity contribution in [3.8, 4) is 0 Å². The molecule has 0 saturated heterocycles. The lowest BCUT2D eigenvalue weighted by molar-refractivity contribution is -0.137. The smallest absolute Gasteiger partial charge is 0.335 e. The molecule has 1 heterocycles. The molecule has 0 amide bonds. The van der Waals surface area contributed by atoms with Crippen molar-refractivity contribution >= 4 is 22.6 Å². The highest BCUT2D eigenvalue weighted by Gasteiger charge is 2.31. The molecule has 0 saturated carbocycles. The van der Waals surface area contributed by atoms with E-state index in [1.165, 1.54) is 6.07 Å². The first-order valence-corrected chi connectivity index (χ1v) is 7.33. The van der Waals surface area contributed by atoms with Crippen molar-refractivity contribution in [1.29, 1.82) is 0 Å². The van der Waals surface area contributed by atoms with E-state index in [9.17, 15) is 13.2 Å². The second-order valence-electron chi connectivity index (χ2n) is 5.10. The molecule has 2 rings (SSSR count). The number of rotatable bonds is 1. The Hall–Kier alpha value is -1.17. The van der Waals surface area contributed by atoms with Crippen molar-refractivity contribution in [3.63, 3.8) is 0 Å². The highest BCUT2D eigenvalue weighted by molar-refractivity contribution is 8.14. The first-order valence-electron chi connectivity index (χ1n) is 6.45. The van der Waals surface area contributed by atoms with Gasteiger partial charge in [-0.1, -0.05) is 24.8 Å². The number of benzene rings is 1. The average Bonchev–Trinajstić information content (AvgIpc) is 2.29. The lowest BCUT2D eigenvalue weighted by Crippen LogP contribution is -2.23. The fraction of sp³-hybridized carbons (Fsp3) is 0.500. The number of aliphatic imine (C=N–C) groups is 1. The van der Waals surface area contributed by atoms with Crippen molar-refractivity contribution in [3.05, 3.63) is 29.3 Å². The van der Waals surface area contributed by atoms with Gasteiger partial charge in [0.05, 0.1) is 11.6 Å². The van der Waals surface area contributed by atoms with Crippen LogP contribution in [0.25, 0.3) is 0 Å². The van der Waals surface area contributed by atoms with Gasteiger partial charge in [-0.3, -0.25) is 4.99 Å². The maximum absolute atomic E-state index is 12.7. The number of alkyl halides is 3. The largest absolute Gasteiger partial charge is 0.416 e. The van der Waals surface area contributed by atoms with Gasteiger partial charge < -0.3 is 5.32 Å². The van der Waals surface area contributed by atoms with Crippen LogP contribution in [0.5, 0.6) is 0 Å². The maximum atomic E-state index is 12.7. The molecule has 0 aliphatic carbocycles. The Morgan fingerprint density at radius 2 is 2.00 bits per heavy atom. The first-order chi connectivity index (χ1) is 9.25. The zero-order chi connectivity index (χ0) is 14.9. The normalized spacial score (nSPS) is 23.4. The SMILES string of the molecule is Cc1ccc(C(F)(F)F)cc1NC1=NC(C)CC(C)S1. The molecular weight excluding hydrogens is 285 g/mol. The number of aryl methyl sites for hydroxylation is 1. The predicted octanol–water partition coefficient (Wildman–Crippen LogP) is 4.70. The summed E-state index contributed by atoms with van der Waals surface area (Å²) in [6, 6.07) is 3.91. The molecule has 6 heteroatoms. The van der Waals surface area contributed by atoms with Crippen LogP contribution in [-0.4, -0.2) is 16.5 Å². The van der Waals surface area contributed by atoms with Crippen molar-refractivity contribution in [2.45, 2.75) is 44.7 Å². The molecule has 2 atom stereocenters. The second-order valence-corrected chi connectivity index (χ2v) is 6.53. The van der Waals surface area contributed by atoms with Crippen molar-refractivity contribution in [2.75, 3.05) is 5.32 Å². The summed E-state index contributed by atoms with van der Waals surface area (Å²) < 4.78 is 38.2. The Balaban J connectivity index is 2.25. The lowest BCUT2D eigenvalue weighted by atomic mass is 10.1. The van der Waals surface area contributed by atoms with Gasteiger partial charge in [0.15, 0.2) is 5.17 Å². The molecule has 110 valence electrons. The Bertz CT molecular complexity index is 526. The van der Waals surface area contributed by atoms with Crippen LogP contribution in [0.4, 0.5) is 18.9 Å². The van der Waals surface area contributed by atoms with E-state index in [4.69, 9.17) is 0 Å². The Morgan fingerprint density at radius 3 is 2.60 bits per heavy atom. The summed E-state index contributed by atoms with van der Waals surface area (Å²) in [5.41, 5.74) is 0.590. The van der Waals surface area contributed by atoms with Crippen molar-refractivity contribution in [2.24, 2.45) is 4.99 Å². The number of hydrogen-bond donors (Lipinski definition) is 1. The fourth-order valence-electron chi connectivity index (χ4n) is 2.11. The topological polar surface area (TPSA) is 24.4 Å². The minimum Gasteiger partial charge on any atom is -0.335 e. The number of nitrogens with zero attached hydrogens (tertiary/aromatic N) is 1. The van der Waals surface area contributed by atoms with Crippen molar-refractivity contribution in [1.82, 2.24) is 0 Å². The van der Waals surface area contributed by atoms with Crippen LogP contribution >= 0.6 is 11.8 Å². The lowest BCUT2D eigenvalue weighted by Gasteiger charge is -2.23. The van der Waals surface area contributed by atoms with Crippen LogP contribution in [0, 0.1) is 6.92 Å². The summed E-state index contributed by atoms with van der Waals surface area (Å²) in [6.45, 7) is 5.89. The van der Waals surface area contributed by atoms with Crippen LogP contribution in [0.1, 0.15) is 31.4 Å². The number of nitrogens with one attached hydrogen (secondary N) is 1. The van der Waals surface area contributed by atoms with Crippen LogP contribution < -0.4 is 5.32 Å². The summed E-state index contributed by atoms with van der Waals surface area (Å²) in [6.07, 6.45) is -3.34. The van der Waals surface area contributed by atoms with Gasteiger partial charge in [-0.25, -0.2) is 0 Å². The van der Waals surface area contributed by atoms with Gasteiger partial charge in [-0.05, 0) is 38.0 Å². The number of halogens is 3. The minimum atomic E-state index is -4.33. The molecule has 0 spiro atoms. The Kier molecular flexibility index (Phi) is 4.32. The molecule has 1 aromatic rings. The van der Waals surface area contributed by atoms with Gasteiger partial charge in [-0.15, -0.1) is 0 Å². The number of hydrogen-bond acceptors (Lipinski definition) is 3. The van der Waals surface area contributed by atoms with E-state index in [1.807, 2.05) is 6.92 Å². The molecule has 1 aliphatic heterocycles. The highest BCUT2D eigenvalue weighted by atomic mass is 32.2. The summed E-state index contributed by atoms with van der Waals surface area (Å²) in [5.74, 6) is 0. The van der Waals surface area contributed by atoms with E-state index in [0.29, 0.717) is 16.1 Å². The molecule has 0 bridgehead atoms. The van der Waals surface area contributed by atoms with Crippen molar-refractivity contribution < 1.29 is 13.2 Å². The van der Waals surface area contributed by atoms with E-state index in [0.717, 1.165) is 24.1 Å². The highest BCUT2D eigenvalue weighted by Crippen LogP contribution is 2.33. The van der Waals surface area contributed by atoms with E-state index >= 15 is 0 Å². The molecule has 1 aliphatic rings. The fourth-order valence-corrected chi connectivity index (χ4v) is 3.28. The van der Waals surface area contributed by atoms with Crippen LogP contribution in [0.2, 0.25) is 0 Å². The summed E-state index contributed by atoms with van der Waals surface area (Å²) in [4.78, 5) is 4.45. The Labute approximate surface area is 120 Å². The van der Waals surface area contributed by atoms with Gasteiger partial charge >= 0.3 is 6.18 Å². The summed E-state index contributed by atoms with van der Waals surface area (Å²) in [5, 5.41) is 4.14. The maximum Gasteiger partial charge on any atom is 0.416 e. The second kappa shape index (κ2) is 5.68. The number of amidine groups is 1. The molecule has 2 unspecified atom stereocenters. The van der Waals surface area contributed by atoms with E-state index in [1.54, 1.807) is 18.7 Å². The molecule has 2 nitrogen and oxygen atoms in total. The number of thioether (sulfide) groups is 1. The van der Waals surface area contributed by atoms with Crippen LogP contribution in [-0.2, 0) is 6.18 Å². The van der Waals surface area contributed by atoms with Gasteiger partial charge in [0, 0.05) is 10.9 Å². The third kappa shape index (κ3) is 3.69. The molecule has 20 heavy (non-hydrogen) atoms. The third-order valence-corrected chi connectivity index (χ3v) is 4.16. The molecule has 1 aromatic carbocycles. The van der Waals surface area contributed by atoms with Crippen LogP contribution in [0.3, 0.4) is 0 Å². The molecule has 0 fully saturated rings. The quantitative estimate of drug-likeness (QED) is 0.813. The van der Waals surface area contributed by atoms with E-state index < -0.39 is 11.7 Å².